The van der Waals surface area contributed by atoms with E-state index in [9.17, 15) is 18.8 Å². The minimum atomic E-state index is -0.643. The summed E-state index contributed by atoms with van der Waals surface area (Å²) in [4.78, 5) is 42.4. The second-order valence-corrected chi connectivity index (χ2v) is 6.43. The van der Waals surface area contributed by atoms with E-state index in [0.29, 0.717) is 18.6 Å². The van der Waals surface area contributed by atoms with E-state index in [0.717, 1.165) is 25.9 Å². The number of nitrogens with one attached hydrogen (secondary N) is 1. The fraction of sp³-hybridized carbons (Fsp3) is 0.444. The molecular weight excluding hydrogens is 341 g/mol. The first kappa shape index (κ1) is 18.0. The fourth-order valence-electron chi connectivity index (χ4n) is 3.26. The quantitative estimate of drug-likeness (QED) is 0.821. The summed E-state index contributed by atoms with van der Waals surface area (Å²) in [7, 11) is 0. The van der Waals surface area contributed by atoms with Gasteiger partial charge in [0.05, 0.1) is 12.1 Å². The topological polar surface area (TPSA) is 92.4 Å². The van der Waals surface area contributed by atoms with E-state index in [1.807, 2.05) is 4.90 Å². The van der Waals surface area contributed by atoms with Crippen molar-refractivity contribution < 1.29 is 18.7 Å². The molecular formula is C18H20FN3O4. The Morgan fingerprint density at radius 2 is 2.15 bits per heavy atom. The van der Waals surface area contributed by atoms with Crippen LogP contribution in [0.5, 0.6) is 5.75 Å². The molecule has 138 valence electrons. The number of hydrogen-bond donors (Lipinski definition) is 1. The van der Waals surface area contributed by atoms with Gasteiger partial charge in [0.15, 0.2) is 23.7 Å². The standard InChI is InChI=1S/C18H20FN3O4/c1-11(24)22-7-4-12(5-8-22)6-9-26-17-13(19)2-3-14-16(17)18(25)21-15(10-23)20-14/h2-3,10,12H,4-9H2,1H3,(H,20,21,25). The predicted octanol–water partition coefficient (Wildman–Crippen LogP) is 1.90. The zero-order valence-corrected chi connectivity index (χ0v) is 14.5. The van der Waals surface area contributed by atoms with Crippen LogP contribution >= 0.6 is 0 Å². The summed E-state index contributed by atoms with van der Waals surface area (Å²) in [5.74, 6) is -0.428. The van der Waals surface area contributed by atoms with Gasteiger partial charge in [-0.2, -0.15) is 0 Å². The number of piperidine rings is 1. The molecule has 1 saturated heterocycles. The van der Waals surface area contributed by atoms with E-state index in [1.165, 1.54) is 12.1 Å². The number of carbonyl (C=O) groups is 2. The maximum Gasteiger partial charge on any atom is 0.263 e. The van der Waals surface area contributed by atoms with Crippen LogP contribution in [0.15, 0.2) is 16.9 Å². The van der Waals surface area contributed by atoms with Gasteiger partial charge >= 0.3 is 0 Å². The van der Waals surface area contributed by atoms with Crippen molar-refractivity contribution >= 4 is 23.1 Å². The highest BCUT2D eigenvalue weighted by Crippen LogP contribution is 2.26. The summed E-state index contributed by atoms with van der Waals surface area (Å²) >= 11 is 0. The van der Waals surface area contributed by atoms with Gasteiger partial charge in [0.1, 0.15) is 5.39 Å². The minimum absolute atomic E-state index is 0.00185. The van der Waals surface area contributed by atoms with Crippen molar-refractivity contribution in [2.24, 2.45) is 5.92 Å². The number of H-pyrrole nitrogens is 1. The summed E-state index contributed by atoms with van der Waals surface area (Å²) in [6.45, 7) is 3.27. The number of benzene rings is 1. The van der Waals surface area contributed by atoms with Gasteiger partial charge < -0.3 is 14.6 Å². The molecule has 1 N–H and O–H groups in total. The molecule has 0 spiro atoms. The average Bonchev–Trinajstić information content (AvgIpc) is 2.63. The molecule has 0 aliphatic carbocycles. The molecule has 2 aromatic rings. The van der Waals surface area contributed by atoms with Crippen LogP contribution in [0.25, 0.3) is 10.9 Å². The molecule has 1 aliphatic rings. The van der Waals surface area contributed by atoms with Crippen LogP contribution in [0.1, 0.15) is 36.8 Å². The van der Waals surface area contributed by atoms with E-state index < -0.39 is 11.4 Å². The van der Waals surface area contributed by atoms with Crippen LogP contribution in [-0.2, 0) is 4.79 Å². The first-order valence-electron chi connectivity index (χ1n) is 8.55. The summed E-state index contributed by atoms with van der Waals surface area (Å²) < 4.78 is 19.7. The highest BCUT2D eigenvalue weighted by molar-refractivity contribution is 5.86. The molecule has 1 fully saturated rings. The SMILES string of the molecule is CC(=O)N1CCC(CCOc2c(F)ccc3nc(C=O)[nH]c(=O)c23)CC1. The monoisotopic (exact) mass is 361 g/mol. The third kappa shape index (κ3) is 3.74. The van der Waals surface area contributed by atoms with Crippen LogP contribution < -0.4 is 10.3 Å². The zero-order chi connectivity index (χ0) is 18.7. The number of carbonyl (C=O) groups excluding carboxylic acids is 2. The molecule has 0 atom stereocenters. The number of aromatic amines is 1. The number of ether oxygens (including phenoxy) is 1. The second kappa shape index (κ2) is 7.63. The Labute approximate surface area is 149 Å². The van der Waals surface area contributed by atoms with Gasteiger partial charge in [0.25, 0.3) is 5.56 Å². The van der Waals surface area contributed by atoms with Gasteiger partial charge in [-0.25, -0.2) is 9.37 Å². The fourth-order valence-corrected chi connectivity index (χ4v) is 3.26. The maximum absolute atomic E-state index is 14.2. The molecule has 1 aliphatic heterocycles. The number of likely N-dealkylation sites (tertiary alicyclic amines) is 1. The first-order valence-corrected chi connectivity index (χ1v) is 8.55. The Morgan fingerprint density at radius 1 is 1.42 bits per heavy atom. The molecule has 8 heteroatoms. The number of fused-ring (bicyclic) bond motifs is 1. The van der Waals surface area contributed by atoms with Crippen molar-refractivity contribution in [2.45, 2.75) is 26.2 Å². The predicted molar refractivity (Wildman–Crippen MR) is 92.8 cm³/mol. The van der Waals surface area contributed by atoms with Gasteiger partial charge in [0.2, 0.25) is 5.91 Å². The molecule has 0 unspecified atom stereocenters. The second-order valence-electron chi connectivity index (χ2n) is 6.43. The van der Waals surface area contributed by atoms with Crippen molar-refractivity contribution in [3.63, 3.8) is 0 Å². The van der Waals surface area contributed by atoms with Gasteiger partial charge in [-0.15, -0.1) is 0 Å². The lowest BCUT2D eigenvalue weighted by Crippen LogP contribution is -2.37. The van der Waals surface area contributed by atoms with Crippen LogP contribution in [0.4, 0.5) is 4.39 Å². The summed E-state index contributed by atoms with van der Waals surface area (Å²) in [5.41, 5.74) is -0.400. The van der Waals surface area contributed by atoms with Crippen LogP contribution in [0, 0.1) is 11.7 Å². The van der Waals surface area contributed by atoms with Crippen molar-refractivity contribution in [3.05, 3.63) is 34.1 Å². The Hall–Kier alpha value is -2.77. The highest BCUT2D eigenvalue weighted by Gasteiger charge is 2.21. The number of aromatic nitrogens is 2. The van der Waals surface area contributed by atoms with Crippen LogP contribution in [0.3, 0.4) is 0 Å². The van der Waals surface area contributed by atoms with E-state index in [4.69, 9.17) is 4.74 Å². The van der Waals surface area contributed by atoms with Crippen molar-refractivity contribution in [3.8, 4) is 5.75 Å². The molecule has 1 aromatic carbocycles. The lowest BCUT2D eigenvalue weighted by molar-refractivity contribution is -0.130. The Balaban J connectivity index is 1.69. The lowest BCUT2D eigenvalue weighted by Gasteiger charge is -2.31. The Morgan fingerprint density at radius 3 is 2.81 bits per heavy atom. The third-order valence-electron chi connectivity index (χ3n) is 4.74. The summed E-state index contributed by atoms with van der Waals surface area (Å²) in [6, 6.07) is 2.52. The van der Waals surface area contributed by atoms with Crippen molar-refractivity contribution in [1.29, 1.82) is 0 Å². The number of halogens is 1. The lowest BCUT2D eigenvalue weighted by atomic mass is 9.94. The van der Waals surface area contributed by atoms with Gasteiger partial charge in [0, 0.05) is 20.0 Å². The molecule has 0 saturated carbocycles. The highest BCUT2D eigenvalue weighted by atomic mass is 19.1. The van der Waals surface area contributed by atoms with Crippen molar-refractivity contribution in [1.82, 2.24) is 14.9 Å². The van der Waals surface area contributed by atoms with E-state index in [1.54, 1.807) is 6.92 Å². The molecule has 3 rings (SSSR count). The maximum atomic E-state index is 14.2. The van der Waals surface area contributed by atoms with Crippen LogP contribution in [0.2, 0.25) is 0 Å². The van der Waals surface area contributed by atoms with E-state index in [-0.39, 0.29) is 35.0 Å². The Kier molecular flexibility index (Phi) is 5.29. The number of hydrogen-bond acceptors (Lipinski definition) is 5. The average molecular weight is 361 g/mol. The van der Waals surface area contributed by atoms with Gasteiger partial charge in [-0.05, 0) is 37.3 Å². The first-order chi connectivity index (χ1) is 12.5. The largest absolute Gasteiger partial charge is 0.490 e. The number of aldehydes is 1. The smallest absolute Gasteiger partial charge is 0.263 e. The molecule has 0 radical (unpaired) electrons. The van der Waals surface area contributed by atoms with E-state index in [2.05, 4.69) is 9.97 Å². The molecule has 26 heavy (non-hydrogen) atoms. The molecule has 0 bridgehead atoms. The van der Waals surface area contributed by atoms with Crippen LogP contribution in [-0.4, -0.2) is 46.8 Å². The molecule has 2 heterocycles. The number of rotatable bonds is 5. The van der Waals surface area contributed by atoms with E-state index >= 15 is 0 Å². The Bertz CT molecular complexity index is 888. The molecule has 1 amide bonds. The minimum Gasteiger partial charge on any atom is -0.490 e. The van der Waals surface area contributed by atoms with Gasteiger partial charge in [-0.1, -0.05) is 0 Å². The summed E-state index contributed by atoms with van der Waals surface area (Å²) in [6.07, 6.45) is 2.90. The molecule has 1 aromatic heterocycles. The zero-order valence-electron chi connectivity index (χ0n) is 14.5. The third-order valence-corrected chi connectivity index (χ3v) is 4.74. The normalized spacial score (nSPS) is 15.2. The molecule has 7 nitrogen and oxygen atoms in total. The van der Waals surface area contributed by atoms with Crippen molar-refractivity contribution in [2.75, 3.05) is 19.7 Å². The summed E-state index contributed by atoms with van der Waals surface area (Å²) in [5, 5.41) is 0.00185. The number of amides is 1. The number of nitrogens with zero attached hydrogens (tertiary/aromatic N) is 2. The van der Waals surface area contributed by atoms with Gasteiger partial charge in [-0.3, -0.25) is 14.4 Å².